The normalized spacial score (nSPS) is 15.4. The molecule has 3 aromatic rings. The van der Waals surface area contributed by atoms with E-state index >= 15 is 0 Å². The number of fused-ring (bicyclic) bond motifs is 1. The van der Waals surface area contributed by atoms with Crippen molar-refractivity contribution in [2.75, 3.05) is 20.1 Å². The van der Waals surface area contributed by atoms with Crippen molar-refractivity contribution >= 4 is 27.2 Å². The van der Waals surface area contributed by atoms with Gasteiger partial charge in [0.25, 0.3) is 0 Å². The number of nitrogens with one attached hydrogen (secondary N) is 1. The Morgan fingerprint density at radius 1 is 1.12 bits per heavy atom. The number of carbonyl (C=O) groups is 1. The summed E-state index contributed by atoms with van der Waals surface area (Å²) in [6, 6.07) is 12.5. The number of piperidine rings is 1. The molecule has 9 heteroatoms. The fourth-order valence-corrected chi connectivity index (χ4v) is 4.56. The molecule has 32 heavy (non-hydrogen) atoms. The van der Waals surface area contributed by atoms with E-state index in [9.17, 15) is 13.2 Å². The Bertz CT molecular complexity index is 1210. The number of hydrogen-bond acceptors (Lipinski definition) is 6. The van der Waals surface area contributed by atoms with E-state index < -0.39 is 10.0 Å². The minimum absolute atomic E-state index is 0.129. The molecule has 1 aliphatic heterocycles. The lowest BCUT2D eigenvalue weighted by Gasteiger charge is -2.30. The van der Waals surface area contributed by atoms with Gasteiger partial charge in [-0.2, -0.15) is 0 Å². The highest BCUT2D eigenvalue weighted by molar-refractivity contribution is 7.89. The quantitative estimate of drug-likeness (QED) is 0.618. The number of oxazole rings is 1. The zero-order valence-electron chi connectivity index (χ0n) is 18.4. The largest absolute Gasteiger partial charge is 0.447 e. The Kier molecular flexibility index (Phi) is 6.21. The summed E-state index contributed by atoms with van der Waals surface area (Å²) < 4.78 is 37.4. The average Bonchev–Trinajstić information content (AvgIpc) is 3.22. The minimum Gasteiger partial charge on any atom is -0.447 e. The number of benzene rings is 2. The van der Waals surface area contributed by atoms with Crippen LogP contribution in [-0.4, -0.2) is 50.6 Å². The van der Waals surface area contributed by atoms with Gasteiger partial charge < -0.3 is 14.1 Å². The topological polar surface area (TPSA) is 102 Å². The first-order valence-electron chi connectivity index (χ1n) is 10.7. The van der Waals surface area contributed by atoms with Gasteiger partial charge >= 0.3 is 6.09 Å². The van der Waals surface area contributed by atoms with E-state index in [0.717, 1.165) is 29.5 Å². The molecular weight excluding hydrogens is 430 g/mol. The van der Waals surface area contributed by atoms with Crippen LogP contribution in [0.4, 0.5) is 4.79 Å². The second-order valence-corrected chi connectivity index (χ2v) is 10.0. The SMILES string of the molecule is CNS(=O)(=O)c1ccc(-c2ccc3oc(C4CCN(C(=O)OC(C)C)CC4)nc3c2)cc1. The summed E-state index contributed by atoms with van der Waals surface area (Å²) in [5.41, 5.74) is 3.28. The molecule has 0 atom stereocenters. The molecule has 0 unspecified atom stereocenters. The third-order valence-electron chi connectivity index (χ3n) is 5.61. The Morgan fingerprint density at radius 3 is 2.41 bits per heavy atom. The maximum atomic E-state index is 12.1. The van der Waals surface area contributed by atoms with Crippen LogP contribution >= 0.6 is 0 Å². The predicted octanol–water partition coefficient (Wildman–Crippen LogP) is 4.13. The van der Waals surface area contributed by atoms with Crippen LogP contribution < -0.4 is 4.72 Å². The van der Waals surface area contributed by atoms with Gasteiger partial charge in [-0.1, -0.05) is 18.2 Å². The van der Waals surface area contributed by atoms with Crippen molar-refractivity contribution in [1.82, 2.24) is 14.6 Å². The number of rotatable bonds is 5. The van der Waals surface area contributed by atoms with Crippen LogP contribution in [0, 0.1) is 0 Å². The molecule has 1 fully saturated rings. The van der Waals surface area contributed by atoms with E-state index in [1.165, 1.54) is 7.05 Å². The Hall–Kier alpha value is -2.91. The van der Waals surface area contributed by atoms with Crippen LogP contribution in [-0.2, 0) is 14.8 Å². The smallest absolute Gasteiger partial charge is 0.410 e. The summed E-state index contributed by atoms with van der Waals surface area (Å²) in [4.78, 5) is 18.7. The van der Waals surface area contributed by atoms with Gasteiger partial charge in [-0.3, -0.25) is 0 Å². The maximum absolute atomic E-state index is 12.1. The van der Waals surface area contributed by atoms with Crippen LogP contribution in [0.5, 0.6) is 0 Å². The number of ether oxygens (including phenoxy) is 1. The number of nitrogens with zero attached hydrogens (tertiary/aromatic N) is 2. The van der Waals surface area contributed by atoms with Gasteiger partial charge in [0.1, 0.15) is 5.52 Å². The zero-order valence-corrected chi connectivity index (χ0v) is 19.2. The molecule has 1 N–H and O–H groups in total. The average molecular weight is 458 g/mol. The van der Waals surface area contributed by atoms with Crippen molar-refractivity contribution in [3.8, 4) is 11.1 Å². The number of carbonyl (C=O) groups excluding carboxylic acids is 1. The van der Waals surface area contributed by atoms with Crippen molar-refractivity contribution in [3.63, 3.8) is 0 Å². The Balaban J connectivity index is 1.49. The summed E-state index contributed by atoms with van der Waals surface area (Å²) in [7, 11) is -2.08. The van der Waals surface area contributed by atoms with Gasteiger partial charge in [0.05, 0.1) is 11.0 Å². The summed E-state index contributed by atoms with van der Waals surface area (Å²) in [6.45, 7) is 4.91. The third-order valence-corrected chi connectivity index (χ3v) is 7.04. The molecule has 1 amide bonds. The molecule has 1 saturated heterocycles. The molecular formula is C23H27N3O5S. The van der Waals surface area contributed by atoms with Crippen molar-refractivity contribution in [3.05, 3.63) is 48.4 Å². The molecule has 1 aromatic heterocycles. The predicted molar refractivity (Wildman–Crippen MR) is 121 cm³/mol. The number of aromatic nitrogens is 1. The molecule has 0 spiro atoms. The third kappa shape index (κ3) is 4.63. The van der Waals surface area contributed by atoms with E-state index in [2.05, 4.69) is 4.72 Å². The molecule has 0 bridgehead atoms. The molecule has 0 saturated carbocycles. The Labute approximate surface area is 187 Å². The van der Waals surface area contributed by atoms with Gasteiger partial charge in [-0.25, -0.2) is 22.9 Å². The highest BCUT2D eigenvalue weighted by Crippen LogP contribution is 2.32. The van der Waals surface area contributed by atoms with Gasteiger partial charge in [-0.15, -0.1) is 0 Å². The van der Waals surface area contributed by atoms with E-state index in [4.69, 9.17) is 14.1 Å². The summed E-state index contributed by atoms with van der Waals surface area (Å²) in [5.74, 6) is 0.837. The van der Waals surface area contributed by atoms with Crippen LogP contribution in [0.25, 0.3) is 22.2 Å². The van der Waals surface area contributed by atoms with Crippen LogP contribution in [0.15, 0.2) is 51.8 Å². The van der Waals surface area contributed by atoms with Gasteiger partial charge in [-0.05, 0) is 69.1 Å². The first-order chi connectivity index (χ1) is 15.3. The van der Waals surface area contributed by atoms with Crippen LogP contribution in [0.1, 0.15) is 38.5 Å². The first-order valence-corrected chi connectivity index (χ1v) is 12.1. The van der Waals surface area contributed by atoms with Crippen molar-refractivity contribution in [1.29, 1.82) is 0 Å². The molecule has 0 radical (unpaired) electrons. The standard InChI is InChI=1S/C23H27N3O5S/c1-15(2)30-23(27)26-12-10-17(11-13-26)22-25-20-14-18(6-9-21(20)31-22)16-4-7-19(8-5-16)32(28,29)24-3/h4-9,14-15,17,24H,10-13H2,1-3H3. The molecule has 4 rings (SSSR count). The minimum atomic E-state index is -3.47. The van der Waals surface area contributed by atoms with Crippen molar-refractivity contribution < 1.29 is 22.4 Å². The Morgan fingerprint density at radius 2 is 1.78 bits per heavy atom. The first kappa shape index (κ1) is 22.3. The van der Waals surface area contributed by atoms with Crippen molar-refractivity contribution in [2.45, 2.75) is 43.6 Å². The van der Waals surface area contributed by atoms with Crippen LogP contribution in [0.3, 0.4) is 0 Å². The summed E-state index contributed by atoms with van der Waals surface area (Å²) in [5, 5.41) is 0. The molecule has 2 aromatic carbocycles. The van der Waals surface area contributed by atoms with E-state index in [1.54, 1.807) is 29.2 Å². The molecule has 2 heterocycles. The molecule has 170 valence electrons. The van der Waals surface area contributed by atoms with Gasteiger partial charge in [0.15, 0.2) is 11.5 Å². The number of likely N-dealkylation sites (tertiary alicyclic amines) is 1. The fraction of sp³-hybridized carbons (Fsp3) is 0.391. The molecule has 1 aliphatic rings. The highest BCUT2D eigenvalue weighted by Gasteiger charge is 2.28. The number of hydrogen-bond donors (Lipinski definition) is 1. The zero-order chi connectivity index (χ0) is 22.9. The fourth-order valence-electron chi connectivity index (χ4n) is 3.83. The van der Waals surface area contributed by atoms with E-state index in [0.29, 0.717) is 24.6 Å². The number of amides is 1. The maximum Gasteiger partial charge on any atom is 0.410 e. The number of sulfonamides is 1. The summed E-state index contributed by atoms with van der Waals surface area (Å²) >= 11 is 0. The van der Waals surface area contributed by atoms with Gasteiger partial charge in [0.2, 0.25) is 10.0 Å². The van der Waals surface area contributed by atoms with Crippen LogP contribution in [0.2, 0.25) is 0 Å². The van der Waals surface area contributed by atoms with Gasteiger partial charge in [0, 0.05) is 19.0 Å². The second kappa shape index (κ2) is 8.91. The summed E-state index contributed by atoms with van der Waals surface area (Å²) in [6.07, 6.45) is 1.15. The monoisotopic (exact) mass is 457 g/mol. The van der Waals surface area contributed by atoms with E-state index in [1.807, 2.05) is 32.0 Å². The lowest BCUT2D eigenvalue weighted by Crippen LogP contribution is -2.39. The van der Waals surface area contributed by atoms with E-state index in [-0.39, 0.29) is 23.0 Å². The van der Waals surface area contributed by atoms with Crippen molar-refractivity contribution in [2.24, 2.45) is 0 Å². The highest BCUT2D eigenvalue weighted by atomic mass is 32.2. The lowest BCUT2D eigenvalue weighted by atomic mass is 9.97. The molecule has 8 nitrogen and oxygen atoms in total. The molecule has 0 aliphatic carbocycles. The second-order valence-electron chi connectivity index (χ2n) is 8.16. The lowest BCUT2D eigenvalue weighted by molar-refractivity contribution is 0.0681.